The van der Waals surface area contributed by atoms with E-state index in [-0.39, 0.29) is 25.0 Å². The number of alkyl halides is 3. The Morgan fingerprint density at radius 1 is 1.37 bits per heavy atom. The Hall–Kier alpha value is -1.51. The predicted molar refractivity (Wildman–Crippen MR) is 100 cm³/mol. The second-order valence-electron chi connectivity index (χ2n) is 6.66. The van der Waals surface area contributed by atoms with Gasteiger partial charge in [0.25, 0.3) is 0 Å². The number of carbonyl (C=O) groups excluding carboxylic acids is 1. The van der Waals surface area contributed by atoms with Crippen molar-refractivity contribution in [2.24, 2.45) is 0 Å². The zero-order chi connectivity index (χ0) is 19.3. The molecule has 27 heavy (non-hydrogen) atoms. The highest BCUT2D eigenvalue weighted by molar-refractivity contribution is 5.85. The highest BCUT2D eigenvalue weighted by atomic mass is 35.5. The maximum absolute atomic E-state index is 12.8. The van der Waals surface area contributed by atoms with E-state index in [1.165, 1.54) is 0 Å². The van der Waals surface area contributed by atoms with Crippen LogP contribution >= 0.6 is 12.4 Å². The Kier molecular flexibility index (Phi) is 8.84. The second kappa shape index (κ2) is 10.1. The molecule has 0 radical (unpaired) electrons. The van der Waals surface area contributed by atoms with Crippen LogP contribution < -0.4 is 10.1 Å². The predicted octanol–water partition coefficient (Wildman–Crippen LogP) is 2.86. The van der Waals surface area contributed by atoms with Gasteiger partial charge >= 0.3 is 6.18 Å². The Bertz CT molecular complexity index is 614. The number of methoxy groups -OCH3 is 1. The molecule has 0 aliphatic carbocycles. The molecule has 0 spiro atoms. The van der Waals surface area contributed by atoms with Crippen LogP contribution in [0.5, 0.6) is 5.75 Å². The lowest BCUT2D eigenvalue weighted by atomic mass is 10.0. The molecule has 1 heterocycles. The number of ether oxygens (including phenoxy) is 1. The van der Waals surface area contributed by atoms with Crippen molar-refractivity contribution >= 4 is 18.3 Å². The van der Waals surface area contributed by atoms with E-state index in [9.17, 15) is 18.0 Å². The first kappa shape index (κ1) is 23.5. The minimum atomic E-state index is -4.41. The first-order valence-corrected chi connectivity index (χ1v) is 8.67. The lowest BCUT2D eigenvalue weighted by Crippen LogP contribution is -2.52. The van der Waals surface area contributed by atoms with Gasteiger partial charge in [-0.3, -0.25) is 9.69 Å². The number of hydrogen-bond donors (Lipinski definition) is 1. The van der Waals surface area contributed by atoms with E-state index in [4.69, 9.17) is 4.74 Å². The van der Waals surface area contributed by atoms with Crippen molar-refractivity contribution in [3.8, 4) is 5.75 Å². The molecule has 9 heteroatoms. The number of rotatable bonds is 6. The second-order valence-corrected chi connectivity index (χ2v) is 6.66. The fourth-order valence-electron chi connectivity index (χ4n) is 3.20. The van der Waals surface area contributed by atoms with E-state index in [0.29, 0.717) is 25.4 Å². The van der Waals surface area contributed by atoms with Gasteiger partial charge in [0.1, 0.15) is 12.3 Å². The van der Waals surface area contributed by atoms with E-state index in [1.54, 1.807) is 21.0 Å². The van der Waals surface area contributed by atoms with Gasteiger partial charge in [-0.05, 0) is 19.9 Å². The van der Waals surface area contributed by atoms with Gasteiger partial charge in [0, 0.05) is 31.2 Å². The molecule has 5 nitrogen and oxygen atoms in total. The number of hydrogen-bond acceptors (Lipinski definition) is 4. The summed E-state index contributed by atoms with van der Waals surface area (Å²) >= 11 is 0. The van der Waals surface area contributed by atoms with E-state index in [0.717, 1.165) is 10.5 Å². The molecule has 1 aliphatic heterocycles. The summed E-state index contributed by atoms with van der Waals surface area (Å²) in [5.74, 6) is 0.189. The van der Waals surface area contributed by atoms with Crippen molar-refractivity contribution in [1.29, 1.82) is 0 Å². The minimum absolute atomic E-state index is 0. The van der Waals surface area contributed by atoms with Crippen LogP contribution in [0, 0.1) is 0 Å². The molecule has 0 saturated carbocycles. The number of benzene rings is 1. The Morgan fingerprint density at radius 3 is 2.63 bits per heavy atom. The standard InChI is InChI=1S/C18H26F3N3O2.ClH/c1-13(2)24(12-18(19,20)21)17(25)11-23-9-8-22-10-15(23)14-6-4-5-7-16(14)26-3;/h4-7,13,15,22H,8-12H2,1-3H3;1H. The largest absolute Gasteiger partial charge is 0.496 e. The number of amides is 1. The average Bonchev–Trinajstić information content (AvgIpc) is 2.59. The zero-order valence-corrected chi connectivity index (χ0v) is 16.6. The smallest absolute Gasteiger partial charge is 0.406 e. The van der Waals surface area contributed by atoms with Gasteiger partial charge in [-0.25, -0.2) is 0 Å². The summed E-state index contributed by atoms with van der Waals surface area (Å²) < 4.78 is 43.8. The molecule has 1 aromatic rings. The van der Waals surface area contributed by atoms with E-state index >= 15 is 0 Å². The monoisotopic (exact) mass is 409 g/mol. The highest BCUT2D eigenvalue weighted by Gasteiger charge is 2.36. The van der Waals surface area contributed by atoms with E-state index in [1.807, 2.05) is 29.2 Å². The molecule has 1 atom stereocenters. The van der Waals surface area contributed by atoms with Crippen molar-refractivity contribution < 1.29 is 22.7 Å². The molecule has 1 aromatic carbocycles. The van der Waals surface area contributed by atoms with Crippen LogP contribution in [-0.2, 0) is 4.79 Å². The summed E-state index contributed by atoms with van der Waals surface area (Å²) in [7, 11) is 1.58. The zero-order valence-electron chi connectivity index (χ0n) is 15.8. The summed E-state index contributed by atoms with van der Waals surface area (Å²) in [6, 6.07) is 6.85. The van der Waals surface area contributed by atoms with Crippen LogP contribution in [0.25, 0.3) is 0 Å². The molecule has 1 saturated heterocycles. The molecule has 1 N–H and O–H groups in total. The molecule has 1 amide bonds. The lowest BCUT2D eigenvalue weighted by molar-refractivity contribution is -0.165. The van der Waals surface area contributed by atoms with Crippen LogP contribution in [-0.4, -0.2) is 67.8 Å². The Morgan fingerprint density at radius 2 is 2.04 bits per heavy atom. The first-order valence-electron chi connectivity index (χ1n) is 8.67. The highest BCUT2D eigenvalue weighted by Crippen LogP contribution is 2.30. The molecule has 0 aromatic heterocycles. The molecule has 2 rings (SSSR count). The van der Waals surface area contributed by atoms with Gasteiger partial charge in [0.05, 0.1) is 19.7 Å². The van der Waals surface area contributed by atoms with Gasteiger partial charge in [0.2, 0.25) is 5.91 Å². The number of nitrogens with one attached hydrogen (secondary N) is 1. The van der Waals surface area contributed by atoms with Crippen molar-refractivity contribution in [1.82, 2.24) is 15.1 Å². The third-order valence-electron chi connectivity index (χ3n) is 4.48. The van der Waals surface area contributed by atoms with Crippen LogP contribution in [0.15, 0.2) is 24.3 Å². The molecular formula is C18H27ClF3N3O2. The van der Waals surface area contributed by atoms with Gasteiger partial charge in [-0.15, -0.1) is 12.4 Å². The fraction of sp³-hybridized carbons (Fsp3) is 0.611. The molecule has 1 aliphatic rings. The summed E-state index contributed by atoms with van der Waals surface area (Å²) in [6.07, 6.45) is -4.41. The fourth-order valence-corrected chi connectivity index (χ4v) is 3.20. The summed E-state index contributed by atoms with van der Waals surface area (Å²) in [5.41, 5.74) is 0.918. The quantitative estimate of drug-likeness (QED) is 0.784. The molecule has 0 bridgehead atoms. The topological polar surface area (TPSA) is 44.8 Å². The van der Waals surface area contributed by atoms with Crippen LogP contribution in [0.3, 0.4) is 0 Å². The van der Waals surface area contributed by atoms with Gasteiger partial charge in [-0.2, -0.15) is 13.2 Å². The minimum Gasteiger partial charge on any atom is -0.496 e. The van der Waals surface area contributed by atoms with Gasteiger partial charge < -0.3 is 15.0 Å². The average molecular weight is 410 g/mol. The molecule has 1 unspecified atom stereocenters. The maximum Gasteiger partial charge on any atom is 0.406 e. The number of piperazine rings is 1. The van der Waals surface area contributed by atoms with Gasteiger partial charge in [-0.1, -0.05) is 18.2 Å². The number of carbonyl (C=O) groups is 1. The normalized spacial score (nSPS) is 18.1. The Labute approximate surface area is 164 Å². The first-order chi connectivity index (χ1) is 12.2. The lowest BCUT2D eigenvalue weighted by Gasteiger charge is -2.38. The molecular weight excluding hydrogens is 383 g/mol. The number of para-hydroxylation sites is 1. The van der Waals surface area contributed by atoms with Crippen LogP contribution in [0.2, 0.25) is 0 Å². The molecule has 154 valence electrons. The van der Waals surface area contributed by atoms with Crippen molar-refractivity contribution in [2.45, 2.75) is 32.1 Å². The van der Waals surface area contributed by atoms with E-state index < -0.39 is 24.7 Å². The van der Waals surface area contributed by atoms with Crippen molar-refractivity contribution in [2.75, 3.05) is 39.8 Å². The van der Waals surface area contributed by atoms with Crippen LogP contribution in [0.1, 0.15) is 25.5 Å². The third kappa shape index (κ3) is 6.55. The summed E-state index contributed by atoms with van der Waals surface area (Å²) in [4.78, 5) is 15.4. The Balaban J connectivity index is 0.00000364. The maximum atomic E-state index is 12.8. The van der Waals surface area contributed by atoms with Crippen LogP contribution in [0.4, 0.5) is 13.2 Å². The van der Waals surface area contributed by atoms with Crippen molar-refractivity contribution in [3.63, 3.8) is 0 Å². The van der Waals surface area contributed by atoms with Crippen molar-refractivity contribution in [3.05, 3.63) is 29.8 Å². The number of halogens is 4. The summed E-state index contributed by atoms with van der Waals surface area (Å²) in [5, 5.41) is 3.28. The number of nitrogens with zero attached hydrogens (tertiary/aromatic N) is 2. The van der Waals surface area contributed by atoms with Gasteiger partial charge in [0.15, 0.2) is 0 Å². The third-order valence-corrected chi connectivity index (χ3v) is 4.48. The SMILES string of the molecule is COc1ccccc1C1CNCCN1CC(=O)N(CC(F)(F)F)C(C)C.Cl. The van der Waals surface area contributed by atoms with E-state index in [2.05, 4.69) is 5.32 Å². The molecule has 1 fully saturated rings. The summed E-state index contributed by atoms with van der Waals surface area (Å²) in [6.45, 7) is 3.77.